The molecule has 0 radical (unpaired) electrons. The van der Waals surface area contributed by atoms with Gasteiger partial charge in [0.05, 0.1) is 19.6 Å². The summed E-state index contributed by atoms with van der Waals surface area (Å²) in [6.07, 6.45) is 0.333. The molecule has 0 aliphatic heterocycles. The molecule has 0 aromatic heterocycles. The fourth-order valence-corrected chi connectivity index (χ4v) is 1.86. The number of benzene rings is 2. The lowest BCUT2D eigenvalue weighted by atomic mass is 10.2. The highest BCUT2D eigenvalue weighted by atomic mass is 16.5. The molecule has 0 unspecified atom stereocenters. The molecule has 0 saturated carbocycles. The molecule has 22 heavy (non-hydrogen) atoms. The van der Waals surface area contributed by atoms with E-state index in [1.54, 1.807) is 0 Å². The predicted molar refractivity (Wildman–Crippen MR) is 86.2 cm³/mol. The van der Waals surface area contributed by atoms with Crippen LogP contribution in [0.4, 0.5) is 0 Å². The maximum atomic E-state index is 11.7. The predicted octanol–water partition coefficient (Wildman–Crippen LogP) is 2.96. The van der Waals surface area contributed by atoms with Crippen molar-refractivity contribution in [3.8, 4) is 11.5 Å². The van der Waals surface area contributed by atoms with E-state index in [1.807, 2.05) is 61.5 Å². The average molecular weight is 299 g/mol. The zero-order valence-corrected chi connectivity index (χ0v) is 12.7. The molecule has 0 bridgehead atoms. The molecule has 2 aromatic rings. The molecular weight excluding hydrogens is 278 g/mol. The van der Waals surface area contributed by atoms with Crippen molar-refractivity contribution in [2.45, 2.75) is 13.3 Å². The lowest BCUT2D eigenvalue weighted by molar-refractivity contribution is -0.121. The molecular formula is C18H21NO3. The second-order valence-electron chi connectivity index (χ2n) is 4.92. The third-order valence-corrected chi connectivity index (χ3v) is 3.06. The molecule has 2 aromatic carbocycles. The van der Waals surface area contributed by atoms with E-state index < -0.39 is 0 Å². The smallest absolute Gasteiger partial charge is 0.223 e. The summed E-state index contributed by atoms with van der Waals surface area (Å²) in [5.74, 6) is 1.55. The van der Waals surface area contributed by atoms with Gasteiger partial charge in [0, 0.05) is 0 Å². The van der Waals surface area contributed by atoms with Crippen LogP contribution in [0.3, 0.4) is 0 Å². The lowest BCUT2D eigenvalue weighted by Crippen LogP contribution is -2.29. The van der Waals surface area contributed by atoms with Gasteiger partial charge in [0.2, 0.25) is 5.91 Å². The van der Waals surface area contributed by atoms with Crippen molar-refractivity contribution in [1.82, 2.24) is 5.32 Å². The molecule has 0 atom stereocenters. The second kappa shape index (κ2) is 8.72. The highest BCUT2D eigenvalue weighted by Gasteiger charge is 2.02. The number of carbonyl (C=O) groups is 1. The highest BCUT2D eigenvalue weighted by molar-refractivity contribution is 5.75. The number of hydrogen-bond acceptors (Lipinski definition) is 3. The number of hydrogen-bond donors (Lipinski definition) is 1. The summed E-state index contributed by atoms with van der Waals surface area (Å²) in [5, 5.41) is 2.80. The highest BCUT2D eigenvalue weighted by Crippen LogP contribution is 2.11. The van der Waals surface area contributed by atoms with Gasteiger partial charge in [0.1, 0.15) is 18.1 Å². The Morgan fingerprint density at radius 3 is 2.27 bits per heavy atom. The largest absolute Gasteiger partial charge is 0.493 e. The molecule has 0 spiro atoms. The monoisotopic (exact) mass is 299 g/mol. The summed E-state index contributed by atoms with van der Waals surface area (Å²) in [6.45, 7) is 3.33. The van der Waals surface area contributed by atoms with Gasteiger partial charge in [0.25, 0.3) is 0 Å². The number of para-hydroxylation sites is 1. The van der Waals surface area contributed by atoms with Crippen LogP contribution in [0, 0.1) is 6.92 Å². The Hall–Kier alpha value is -2.49. The minimum absolute atomic E-state index is 0.0382. The van der Waals surface area contributed by atoms with Gasteiger partial charge in [-0.1, -0.05) is 35.9 Å². The van der Waals surface area contributed by atoms with Crippen LogP contribution in [-0.4, -0.2) is 25.7 Å². The number of amides is 1. The third kappa shape index (κ3) is 5.87. The fourth-order valence-electron chi connectivity index (χ4n) is 1.86. The van der Waals surface area contributed by atoms with Gasteiger partial charge in [-0.3, -0.25) is 4.79 Å². The zero-order chi connectivity index (χ0) is 15.6. The summed E-state index contributed by atoms with van der Waals surface area (Å²) >= 11 is 0. The van der Waals surface area contributed by atoms with Crippen molar-refractivity contribution in [1.29, 1.82) is 0 Å². The van der Waals surface area contributed by atoms with Crippen molar-refractivity contribution < 1.29 is 14.3 Å². The minimum atomic E-state index is -0.0382. The molecule has 0 saturated heterocycles. The van der Waals surface area contributed by atoms with Gasteiger partial charge < -0.3 is 14.8 Å². The van der Waals surface area contributed by atoms with E-state index in [2.05, 4.69) is 5.32 Å². The van der Waals surface area contributed by atoms with Crippen LogP contribution < -0.4 is 14.8 Å². The van der Waals surface area contributed by atoms with Gasteiger partial charge >= 0.3 is 0 Å². The topological polar surface area (TPSA) is 47.6 Å². The lowest BCUT2D eigenvalue weighted by Gasteiger charge is -2.08. The maximum Gasteiger partial charge on any atom is 0.223 e. The molecule has 4 nitrogen and oxygen atoms in total. The normalized spacial score (nSPS) is 10.0. The van der Waals surface area contributed by atoms with E-state index in [9.17, 15) is 4.79 Å². The summed E-state index contributed by atoms with van der Waals surface area (Å²) in [4.78, 5) is 11.7. The number of rotatable bonds is 8. The van der Waals surface area contributed by atoms with Crippen LogP contribution in [0.5, 0.6) is 11.5 Å². The molecule has 0 aliphatic rings. The molecule has 116 valence electrons. The van der Waals surface area contributed by atoms with Gasteiger partial charge in [-0.25, -0.2) is 0 Å². The SMILES string of the molecule is Cc1ccc(OCCC(=O)NCCOc2ccccc2)cc1. The van der Waals surface area contributed by atoms with Crippen molar-refractivity contribution in [2.75, 3.05) is 19.8 Å². The molecule has 0 heterocycles. The first-order valence-electron chi connectivity index (χ1n) is 7.38. The van der Waals surface area contributed by atoms with Crippen LogP contribution in [-0.2, 0) is 4.79 Å². The minimum Gasteiger partial charge on any atom is -0.493 e. The van der Waals surface area contributed by atoms with Gasteiger partial charge in [-0.2, -0.15) is 0 Å². The Kier molecular flexibility index (Phi) is 6.30. The van der Waals surface area contributed by atoms with Crippen LogP contribution in [0.2, 0.25) is 0 Å². The first-order valence-corrected chi connectivity index (χ1v) is 7.38. The molecule has 2 rings (SSSR count). The summed E-state index contributed by atoms with van der Waals surface area (Å²) in [6, 6.07) is 17.3. The van der Waals surface area contributed by atoms with Crippen LogP contribution in [0.1, 0.15) is 12.0 Å². The third-order valence-electron chi connectivity index (χ3n) is 3.06. The Morgan fingerprint density at radius 2 is 1.55 bits per heavy atom. The van der Waals surface area contributed by atoms with E-state index in [4.69, 9.17) is 9.47 Å². The van der Waals surface area contributed by atoms with Crippen LogP contribution in [0.15, 0.2) is 54.6 Å². The summed E-state index contributed by atoms with van der Waals surface area (Å²) in [7, 11) is 0. The van der Waals surface area contributed by atoms with E-state index in [-0.39, 0.29) is 5.91 Å². The number of ether oxygens (including phenoxy) is 2. The number of nitrogens with one attached hydrogen (secondary N) is 1. The summed E-state index contributed by atoms with van der Waals surface area (Å²) in [5.41, 5.74) is 1.18. The van der Waals surface area contributed by atoms with Crippen LogP contribution in [0.25, 0.3) is 0 Å². The summed E-state index contributed by atoms with van der Waals surface area (Å²) < 4.78 is 11.0. The average Bonchev–Trinajstić information content (AvgIpc) is 2.54. The zero-order valence-electron chi connectivity index (χ0n) is 12.7. The molecule has 1 N–H and O–H groups in total. The Morgan fingerprint density at radius 1 is 0.909 bits per heavy atom. The van der Waals surface area contributed by atoms with Gasteiger partial charge in [-0.05, 0) is 31.2 Å². The number of aryl methyl sites for hydroxylation is 1. The number of carbonyl (C=O) groups excluding carboxylic acids is 1. The van der Waals surface area contributed by atoms with Crippen molar-refractivity contribution in [3.63, 3.8) is 0 Å². The maximum absolute atomic E-state index is 11.7. The molecule has 0 fully saturated rings. The Bertz CT molecular complexity index is 567. The van der Waals surface area contributed by atoms with E-state index in [1.165, 1.54) is 5.56 Å². The second-order valence-corrected chi connectivity index (χ2v) is 4.92. The van der Waals surface area contributed by atoms with E-state index in [0.29, 0.717) is 26.2 Å². The standard InChI is InChI=1S/C18H21NO3/c1-15-7-9-17(10-8-15)21-13-11-18(20)19-12-14-22-16-5-3-2-4-6-16/h2-10H,11-14H2,1H3,(H,19,20). The molecule has 4 heteroatoms. The first-order chi connectivity index (χ1) is 10.7. The first kappa shape index (κ1) is 15.9. The van der Waals surface area contributed by atoms with Gasteiger partial charge in [0.15, 0.2) is 0 Å². The van der Waals surface area contributed by atoms with E-state index >= 15 is 0 Å². The Labute approximate surface area is 131 Å². The molecule has 0 aliphatic carbocycles. The van der Waals surface area contributed by atoms with Crippen molar-refractivity contribution >= 4 is 5.91 Å². The Balaban J connectivity index is 1.55. The quantitative estimate of drug-likeness (QED) is 0.762. The van der Waals surface area contributed by atoms with Crippen molar-refractivity contribution in [3.05, 3.63) is 60.2 Å². The van der Waals surface area contributed by atoms with Crippen LogP contribution >= 0.6 is 0 Å². The van der Waals surface area contributed by atoms with Crippen molar-refractivity contribution in [2.24, 2.45) is 0 Å². The van der Waals surface area contributed by atoms with Gasteiger partial charge in [-0.15, -0.1) is 0 Å². The van der Waals surface area contributed by atoms with E-state index in [0.717, 1.165) is 11.5 Å². The molecule has 1 amide bonds. The fraction of sp³-hybridized carbons (Fsp3) is 0.278.